The number of amides is 1. The number of sulfonamides is 1. The van der Waals surface area contributed by atoms with E-state index in [-0.39, 0.29) is 24.9 Å². The SMILES string of the molecule is O=C(C1CCN(S(=O)(=O)c2cc(F)ccc2F)CC1)N(Cc1cccs1)Cc1cccs1. The highest BCUT2D eigenvalue weighted by Crippen LogP contribution is 2.28. The van der Waals surface area contributed by atoms with Crippen molar-refractivity contribution in [2.75, 3.05) is 13.1 Å². The van der Waals surface area contributed by atoms with Crippen molar-refractivity contribution in [2.24, 2.45) is 5.92 Å². The molecule has 0 bridgehead atoms. The Morgan fingerprint density at radius 3 is 2.12 bits per heavy atom. The van der Waals surface area contributed by atoms with Crippen LogP contribution >= 0.6 is 22.7 Å². The number of carbonyl (C=O) groups excluding carboxylic acids is 1. The summed E-state index contributed by atoms with van der Waals surface area (Å²) in [5.74, 6) is -2.13. The summed E-state index contributed by atoms with van der Waals surface area (Å²) < 4.78 is 54.4. The maximum Gasteiger partial charge on any atom is 0.246 e. The lowest BCUT2D eigenvalue weighted by Gasteiger charge is -2.33. The van der Waals surface area contributed by atoms with E-state index >= 15 is 0 Å². The van der Waals surface area contributed by atoms with Crippen LogP contribution in [0.25, 0.3) is 0 Å². The third kappa shape index (κ3) is 5.09. The number of hydrogen-bond donors (Lipinski definition) is 0. The second kappa shape index (κ2) is 9.78. The second-order valence-electron chi connectivity index (χ2n) is 7.61. The number of nitrogens with zero attached hydrogens (tertiary/aromatic N) is 2. The molecule has 1 aliphatic rings. The molecule has 0 spiro atoms. The highest BCUT2D eigenvalue weighted by Gasteiger charge is 2.35. The van der Waals surface area contributed by atoms with Gasteiger partial charge in [-0.25, -0.2) is 17.2 Å². The average Bonchev–Trinajstić information content (AvgIpc) is 3.49. The fraction of sp³-hybridized carbons (Fsp3) is 0.318. The first-order valence-electron chi connectivity index (χ1n) is 10.1. The van der Waals surface area contributed by atoms with Gasteiger partial charge in [-0.2, -0.15) is 4.31 Å². The van der Waals surface area contributed by atoms with Crippen molar-refractivity contribution >= 4 is 38.6 Å². The van der Waals surface area contributed by atoms with E-state index in [0.29, 0.717) is 32.0 Å². The molecule has 1 aromatic carbocycles. The Labute approximate surface area is 194 Å². The van der Waals surface area contributed by atoms with E-state index in [9.17, 15) is 22.0 Å². The maximum absolute atomic E-state index is 14.1. The van der Waals surface area contributed by atoms with Gasteiger partial charge in [0.1, 0.15) is 16.5 Å². The molecule has 10 heteroatoms. The van der Waals surface area contributed by atoms with Gasteiger partial charge in [-0.05, 0) is 53.9 Å². The molecule has 0 aliphatic carbocycles. The Morgan fingerprint density at radius 1 is 1.00 bits per heavy atom. The summed E-state index contributed by atoms with van der Waals surface area (Å²) in [4.78, 5) is 16.6. The van der Waals surface area contributed by atoms with Gasteiger partial charge in [0.2, 0.25) is 15.9 Å². The monoisotopic (exact) mass is 496 g/mol. The zero-order chi connectivity index (χ0) is 22.7. The van der Waals surface area contributed by atoms with E-state index in [1.807, 2.05) is 39.9 Å². The first-order valence-corrected chi connectivity index (χ1v) is 13.3. The summed E-state index contributed by atoms with van der Waals surface area (Å²) >= 11 is 3.18. The zero-order valence-electron chi connectivity index (χ0n) is 17.1. The number of thiophene rings is 2. The van der Waals surface area contributed by atoms with E-state index < -0.39 is 26.6 Å². The molecule has 0 unspecified atom stereocenters. The molecule has 1 saturated heterocycles. The first kappa shape index (κ1) is 23.0. The fourth-order valence-electron chi connectivity index (χ4n) is 3.81. The van der Waals surface area contributed by atoms with Crippen molar-refractivity contribution in [2.45, 2.75) is 30.8 Å². The van der Waals surface area contributed by atoms with E-state index in [4.69, 9.17) is 0 Å². The zero-order valence-corrected chi connectivity index (χ0v) is 19.6. The van der Waals surface area contributed by atoms with Gasteiger partial charge < -0.3 is 4.90 Å². The summed E-state index contributed by atoms with van der Waals surface area (Å²) in [5.41, 5.74) is 0. The van der Waals surface area contributed by atoms with Crippen LogP contribution in [0, 0.1) is 17.6 Å². The number of piperidine rings is 1. The van der Waals surface area contributed by atoms with Crippen molar-refractivity contribution < 1.29 is 22.0 Å². The molecule has 4 rings (SSSR count). The second-order valence-corrected chi connectivity index (χ2v) is 11.6. The molecule has 3 aromatic rings. The van der Waals surface area contributed by atoms with Crippen molar-refractivity contribution in [3.63, 3.8) is 0 Å². The molecule has 1 amide bonds. The molecule has 0 atom stereocenters. The molecular formula is C22H22F2N2O3S3. The van der Waals surface area contributed by atoms with E-state index in [1.165, 1.54) is 0 Å². The Balaban J connectivity index is 1.45. The van der Waals surface area contributed by atoms with E-state index in [0.717, 1.165) is 26.2 Å². The Hall–Kier alpha value is -2.14. The molecule has 32 heavy (non-hydrogen) atoms. The topological polar surface area (TPSA) is 57.7 Å². The lowest BCUT2D eigenvalue weighted by Crippen LogP contribution is -2.44. The number of hydrogen-bond acceptors (Lipinski definition) is 5. The van der Waals surface area contributed by atoms with Gasteiger partial charge >= 0.3 is 0 Å². The van der Waals surface area contributed by atoms with Crippen molar-refractivity contribution in [1.82, 2.24) is 9.21 Å². The normalized spacial score (nSPS) is 15.7. The summed E-state index contributed by atoms with van der Waals surface area (Å²) in [6.07, 6.45) is 0.667. The average molecular weight is 497 g/mol. The van der Waals surface area contributed by atoms with Gasteiger partial charge in [0.25, 0.3) is 0 Å². The lowest BCUT2D eigenvalue weighted by molar-refractivity contribution is -0.138. The third-order valence-electron chi connectivity index (χ3n) is 5.48. The highest BCUT2D eigenvalue weighted by molar-refractivity contribution is 7.89. The number of benzene rings is 1. The molecule has 1 aliphatic heterocycles. The largest absolute Gasteiger partial charge is 0.332 e. The summed E-state index contributed by atoms with van der Waals surface area (Å²) in [7, 11) is -4.17. The van der Waals surface area contributed by atoms with Crippen LogP contribution in [0.1, 0.15) is 22.6 Å². The number of carbonyl (C=O) groups is 1. The van der Waals surface area contributed by atoms with Crippen LogP contribution in [0.4, 0.5) is 8.78 Å². The van der Waals surface area contributed by atoms with Crippen LogP contribution in [0.3, 0.4) is 0 Å². The number of halogens is 2. The summed E-state index contributed by atoms with van der Waals surface area (Å²) in [6, 6.07) is 10.3. The van der Waals surface area contributed by atoms with E-state index in [1.54, 1.807) is 22.7 Å². The molecule has 170 valence electrons. The van der Waals surface area contributed by atoms with Crippen LogP contribution in [0.15, 0.2) is 58.1 Å². The molecule has 3 heterocycles. The highest BCUT2D eigenvalue weighted by atomic mass is 32.2. The van der Waals surface area contributed by atoms with Gasteiger partial charge in [0.15, 0.2) is 0 Å². The first-order chi connectivity index (χ1) is 15.3. The van der Waals surface area contributed by atoms with Crippen LogP contribution in [-0.2, 0) is 27.9 Å². The Morgan fingerprint density at radius 2 is 1.59 bits per heavy atom. The van der Waals surface area contributed by atoms with Crippen molar-refractivity contribution in [1.29, 1.82) is 0 Å². The Kier molecular flexibility index (Phi) is 7.04. The predicted molar refractivity (Wildman–Crippen MR) is 121 cm³/mol. The van der Waals surface area contributed by atoms with Crippen molar-refractivity contribution in [3.8, 4) is 0 Å². The molecular weight excluding hydrogens is 474 g/mol. The minimum Gasteiger partial charge on any atom is -0.332 e. The van der Waals surface area contributed by atoms with E-state index in [2.05, 4.69) is 0 Å². The van der Waals surface area contributed by atoms with Crippen LogP contribution in [-0.4, -0.2) is 36.6 Å². The fourth-order valence-corrected chi connectivity index (χ4v) is 6.79. The van der Waals surface area contributed by atoms with Crippen molar-refractivity contribution in [3.05, 3.63) is 74.6 Å². The molecule has 1 fully saturated rings. The molecule has 5 nitrogen and oxygen atoms in total. The van der Waals surface area contributed by atoms with Gasteiger partial charge in [-0.3, -0.25) is 4.79 Å². The van der Waals surface area contributed by atoms with Crippen LogP contribution < -0.4 is 0 Å². The lowest BCUT2D eigenvalue weighted by atomic mass is 9.96. The van der Waals surface area contributed by atoms with Gasteiger partial charge in [-0.15, -0.1) is 22.7 Å². The summed E-state index contributed by atoms with van der Waals surface area (Å²) in [6.45, 7) is 1.17. The molecule has 0 saturated carbocycles. The van der Waals surface area contributed by atoms with Gasteiger partial charge in [0.05, 0.1) is 13.1 Å². The minimum absolute atomic E-state index is 0.0132. The predicted octanol–water partition coefficient (Wildman–Crippen LogP) is 4.72. The Bertz CT molecular complexity index is 1120. The molecule has 0 N–H and O–H groups in total. The van der Waals surface area contributed by atoms with Crippen LogP contribution in [0.2, 0.25) is 0 Å². The minimum atomic E-state index is -4.17. The van der Waals surface area contributed by atoms with Crippen LogP contribution in [0.5, 0.6) is 0 Å². The molecule has 2 aromatic heterocycles. The summed E-state index contributed by atoms with van der Waals surface area (Å²) in [5, 5.41) is 3.94. The van der Waals surface area contributed by atoms with Gasteiger partial charge in [-0.1, -0.05) is 12.1 Å². The quantitative estimate of drug-likeness (QED) is 0.476. The van der Waals surface area contributed by atoms with Gasteiger partial charge in [0, 0.05) is 28.8 Å². The molecule has 0 radical (unpaired) electrons. The maximum atomic E-state index is 14.1. The standard InChI is InChI=1S/C22H22F2N2O3S3/c23-17-5-6-20(24)21(13-17)32(28,29)26-9-7-16(8-10-26)22(27)25(14-18-3-1-11-30-18)15-19-4-2-12-31-19/h1-6,11-13,16H,7-10,14-15H2. The third-order valence-corrected chi connectivity index (χ3v) is 9.12. The number of rotatable bonds is 7. The smallest absolute Gasteiger partial charge is 0.246 e.